The molecule has 0 unspecified atom stereocenters. The van der Waals surface area contributed by atoms with Crippen LogP contribution in [0.15, 0.2) is 66.9 Å². The van der Waals surface area contributed by atoms with Gasteiger partial charge in [0.15, 0.2) is 0 Å². The number of nitrogens with zero attached hydrogens (tertiary/aromatic N) is 4. The molecule has 2 heterocycles. The van der Waals surface area contributed by atoms with E-state index >= 15 is 0 Å². The lowest BCUT2D eigenvalue weighted by Gasteiger charge is -2.19. The van der Waals surface area contributed by atoms with Gasteiger partial charge in [0.2, 0.25) is 0 Å². The quantitative estimate of drug-likeness (QED) is 0.609. The molecule has 1 atom stereocenters. The molecule has 6 heteroatoms. The van der Waals surface area contributed by atoms with Crippen LogP contribution in [-0.4, -0.2) is 25.4 Å². The average molecular weight is 357 g/mol. The number of nitrogens with one attached hydrogen (secondary N) is 1. The van der Waals surface area contributed by atoms with Crippen LogP contribution in [0.5, 0.6) is 0 Å². The van der Waals surface area contributed by atoms with E-state index in [1.54, 1.807) is 19.2 Å². The van der Waals surface area contributed by atoms with Crippen LogP contribution in [0.1, 0.15) is 33.7 Å². The number of fused-ring (bicyclic) bond motifs is 1. The summed E-state index contributed by atoms with van der Waals surface area (Å²) in [4.78, 5) is 25.9. The number of benzene rings is 2. The topological polar surface area (TPSA) is 72.7 Å². The summed E-state index contributed by atoms with van der Waals surface area (Å²) in [6.07, 6.45) is 1.59. The zero-order chi connectivity index (χ0) is 18.8. The molecule has 4 aromatic rings. The fourth-order valence-electron chi connectivity index (χ4n) is 3.15. The van der Waals surface area contributed by atoms with Crippen LogP contribution >= 0.6 is 0 Å². The Hall–Kier alpha value is -3.54. The van der Waals surface area contributed by atoms with E-state index in [1.165, 1.54) is 0 Å². The normalized spacial score (nSPS) is 12.1. The van der Waals surface area contributed by atoms with Crippen LogP contribution in [0.25, 0.3) is 11.0 Å². The molecule has 6 nitrogen and oxygen atoms in total. The molecule has 0 fully saturated rings. The summed E-state index contributed by atoms with van der Waals surface area (Å²) in [5, 5.41) is 3.08. The van der Waals surface area contributed by atoms with Gasteiger partial charge in [0, 0.05) is 13.2 Å². The van der Waals surface area contributed by atoms with Gasteiger partial charge in [-0.15, -0.1) is 0 Å². The molecule has 0 aliphatic carbocycles. The van der Waals surface area contributed by atoms with E-state index in [4.69, 9.17) is 4.98 Å². The highest BCUT2D eigenvalue weighted by Crippen LogP contribution is 2.25. The first-order valence-corrected chi connectivity index (χ1v) is 8.70. The third-order valence-corrected chi connectivity index (χ3v) is 4.50. The van der Waals surface area contributed by atoms with E-state index in [0.717, 1.165) is 22.4 Å². The van der Waals surface area contributed by atoms with Crippen molar-refractivity contribution in [3.05, 3.63) is 89.8 Å². The van der Waals surface area contributed by atoms with Crippen LogP contribution in [0, 0.1) is 6.92 Å². The smallest absolute Gasteiger partial charge is 0.270 e. The largest absolute Gasteiger partial charge is 0.337 e. The van der Waals surface area contributed by atoms with Gasteiger partial charge in [0.1, 0.15) is 23.4 Å². The molecule has 27 heavy (non-hydrogen) atoms. The number of carbonyl (C=O) groups is 1. The van der Waals surface area contributed by atoms with Gasteiger partial charge >= 0.3 is 0 Å². The SMILES string of the molecule is Cc1nccc(C(=O)N[C@@H](c2ccccc2)c2nc3ccccc3n2C)n1. The molecule has 0 aliphatic heterocycles. The monoisotopic (exact) mass is 357 g/mol. The number of carbonyl (C=O) groups excluding carboxylic acids is 1. The Balaban J connectivity index is 1.78. The molecule has 2 aromatic carbocycles. The summed E-state index contributed by atoms with van der Waals surface area (Å²) < 4.78 is 2.01. The molecule has 2 aromatic heterocycles. The summed E-state index contributed by atoms with van der Waals surface area (Å²) >= 11 is 0. The standard InChI is InChI=1S/C21H19N5O/c1-14-22-13-12-17(23-14)21(27)25-19(15-8-4-3-5-9-15)20-24-16-10-6-7-11-18(16)26(20)2/h3-13,19H,1-2H3,(H,25,27)/t19-/m0/s1. The third kappa shape index (κ3) is 3.29. The van der Waals surface area contributed by atoms with Crippen molar-refractivity contribution in [3.8, 4) is 0 Å². The minimum absolute atomic E-state index is 0.263. The molecule has 1 amide bonds. The summed E-state index contributed by atoms with van der Waals surface area (Å²) in [6, 6.07) is 19.0. The zero-order valence-electron chi connectivity index (χ0n) is 15.1. The van der Waals surface area contributed by atoms with Crippen molar-refractivity contribution in [2.24, 2.45) is 7.05 Å². The van der Waals surface area contributed by atoms with Crippen LogP contribution in [0.4, 0.5) is 0 Å². The third-order valence-electron chi connectivity index (χ3n) is 4.50. The number of amides is 1. The Morgan fingerprint density at radius 2 is 1.74 bits per heavy atom. The number of hydrogen-bond donors (Lipinski definition) is 1. The Kier molecular flexibility index (Phi) is 4.38. The van der Waals surface area contributed by atoms with E-state index in [-0.39, 0.29) is 5.91 Å². The predicted octanol–water partition coefficient (Wildman–Crippen LogP) is 3.19. The second kappa shape index (κ2) is 6.99. The number of aromatic nitrogens is 4. The van der Waals surface area contributed by atoms with Crippen molar-refractivity contribution in [2.75, 3.05) is 0 Å². The lowest BCUT2D eigenvalue weighted by molar-refractivity contribution is 0.0935. The van der Waals surface area contributed by atoms with E-state index in [2.05, 4.69) is 15.3 Å². The Bertz CT molecular complexity index is 1100. The molecule has 0 spiro atoms. The van der Waals surface area contributed by atoms with Gasteiger partial charge in [-0.25, -0.2) is 15.0 Å². The first-order chi connectivity index (χ1) is 13.1. The number of para-hydroxylation sites is 2. The van der Waals surface area contributed by atoms with Gasteiger partial charge in [-0.3, -0.25) is 4.79 Å². The van der Waals surface area contributed by atoms with Crippen molar-refractivity contribution in [1.29, 1.82) is 0 Å². The highest BCUT2D eigenvalue weighted by molar-refractivity contribution is 5.92. The molecule has 0 saturated heterocycles. The molecule has 4 rings (SSSR count). The highest BCUT2D eigenvalue weighted by Gasteiger charge is 2.23. The molecule has 1 N–H and O–H groups in total. The highest BCUT2D eigenvalue weighted by atomic mass is 16.2. The van der Waals surface area contributed by atoms with E-state index in [9.17, 15) is 4.79 Å². The molecular weight excluding hydrogens is 338 g/mol. The summed E-state index contributed by atoms with van der Waals surface area (Å²) in [5.41, 5.74) is 3.20. The van der Waals surface area contributed by atoms with Crippen molar-refractivity contribution < 1.29 is 4.79 Å². The minimum atomic E-state index is -0.397. The van der Waals surface area contributed by atoms with E-state index < -0.39 is 6.04 Å². The van der Waals surface area contributed by atoms with Gasteiger partial charge in [-0.1, -0.05) is 42.5 Å². The molecule has 134 valence electrons. The molecule has 0 radical (unpaired) electrons. The van der Waals surface area contributed by atoms with Crippen molar-refractivity contribution in [2.45, 2.75) is 13.0 Å². The number of hydrogen-bond acceptors (Lipinski definition) is 4. The first-order valence-electron chi connectivity index (χ1n) is 8.70. The Morgan fingerprint density at radius 3 is 2.48 bits per heavy atom. The van der Waals surface area contributed by atoms with E-state index in [1.807, 2.05) is 66.2 Å². The maximum Gasteiger partial charge on any atom is 0.270 e. The molecule has 0 aliphatic rings. The van der Waals surface area contributed by atoms with Crippen LogP contribution in [-0.2, 0) is 7.05 Å². The van der Waals surface area contributed by atoms with Gasteiger partial charge in [-0.05, 0) is 30.7 Å². The van der Waals surface area contributed by atoms with Crippen molar-refractivity contribution in [1.82, 2.24) is 24.8 Å². The zero-order valence-corrected chi connectivity index (χ0v) is 15.1. The van der Waals surface area contributed by atoms with Gasteiger partial charge in [0.05, 0.1) is 11.0 Å². The van der Waals surface area contributed by atoms with Gasteiger partial charge in [-0.2, -0.15) is 0 Å². The predicted molar refractivity (Wildman–Crippen MR) is 103 cm³/mol. The first kappa shape index (κ1) is 16.9. The number of imidazole rings is 1. The van der Waals surface area contributed by atoms with Crippen molar-refractivity contribution in [3.63, 3.8) is 0 Å². The number of rotatable bonds is 4. The minimum Gasteiger partial charge on any atom is -0.337 e. The maximum absolute atomic E-state index is 12.8. The second-order valence-corrected chi connectivity index (χ2v) is 6.32. The summed E-state index contributed by atoms with van der Waals surface area (Å²) in [7, 11) is 1.96. The number of aryl methyl sites for hydroxylation is 2. The van der Waals surface area contributed by atoms with E-state index in [0.29, 0.717) is 11.5 Å². The molecule has 0 bridgehead atoms. The van der Waals surface area contributed by atoms with Gasteiger partial charge < -0.3 is 9.88 Å². The molecular formula is C21H19N5O. The van der Waals surface area contributed by atoms with Crippen LogP contribution in [0.2, 0.25) is 0 Å². The lowest BCUT2D eigenvalue weighted by Crippen LogP contribution is -2.31. The fraction of sp³-hybridized carbons (Fsp3) is 0.143. The summed E-state index contributed by atoms with van der Waals surface area (Å²) in [5.74, 6) is 1.06. The summed E-state index contributed by atoms with van der Waals surface area (Å²) in [6.45, 7) is 1.76. The molecule has 0 saturated carbocycles. The Morgan fingerprint density at radius 1 is 1.00 bits per heavy atom. The van der Waals surface area contributed by atoms with Gasteiger partial charge in [0.25, 0.3) is 5.91 Å². The van der Waals surface area contributed by atoms with Crippen LogP contribution in [0.3, 0.4) is 0 Å². The average Bonchev–Trinajstić information content (AvgIpc) is 3.03. The van der Waals surface area contributed by atoms with Crippen LogP contribution < -0.4 is 5.32 Å². The fourth-order valence-corrected chi connectivity index (χ4v) is 3.15. The Labute approximate surface area is 156 Å². The second-order valence-electron chi connectivity index (χ2n) is 6.32. The lowest BCUT2D eigenvalue weighted by atomic mass is 10.1. The maximum atomic E-state index is 12.8. The van der Waals surface area contributed by atoms with Crippen molar-refractivity contribution >= 4 is 16.9 Å².